The van der Waals surface area contributed by atoms with Crippen LogP contribution in [0.15, 0.2) is 39.7 Å². The number of aliphatic hydroxyl groups excluding tert-OH is 1. The Bertz CT molecular complexity index is 471. The third-order valence-electron chi connectivity index (χ3n) is 2.73. The average Bonchev–Trinajstić information content (AvgIpc) is 2.50. The Morgan fingerprint density at radius 2 is 2.00 bits per heavy atom. The standard InChI is InChI=1S/C17H22OSSe/c1-3-4-6-10-15(11-9-14-18)17(19-2)20-16-12-7-5-8-13-16/h5,7-8,12-13,18H,3-4,6,10,14H2,1-2H3/b17-15+. The van der Waals surface area contributed by atoms with Gasteiger partial charge in [-0.25, -0.2) is 0 Å². The molecule has 0 saturated carbocycles. The molecule has 0 heterocycles. The molecule has 0 aromatic heterocycles. The quantitative estimate of drug-likeness (QED) is 0.462. The van der Waals surface area contributed by atoms with Gasteiger partial charge in [0.05, 0.1) is 0 Å². The minimum absolute atomic E-state index is 0.0583. The van der Waals surface area contributed by atoms with E-state index in [-0.39, 0.29) is 6.61 Å². The number of thioether (sulfide) groups is 1. The van der Waals surface area contributed by atoms with Gasteiger partial charge in [-0.2, -0.15) is 0 Å². The van der Waals surface area contributed by atoms with Crippen molar-refractivity contribution in [3.63, 3.8) is 0 Å². The first-order valence-electron chi connectivity index (χ1n) is 6.91. The van der Waals surface area contributed by atoms with E-state index in [0.717, 1.165) is 6.42 Å². The molecule has 1 N–H and O–H groups in total. The molecular weight excluding hydrogens is 331 g/mol. The summed E-state index contributed by atoms with van der Waals surface area (Å²) < 4.78 is 2.77. The van der Waals surface area contributed by atoms with Crippen LogP contribution in [-0.4, -0.2) is 32.9 Å². The van der Waals surface area contributed by atoms with E-state index < -0.39 is 0 Å². The van der Waals surface area contributed by atoms with Crippen molar-refractivity contribution in [2.75, 3.05) is 12.9 Å². The van der Waals surface area contributed by atoms with Gasteiger partial charge < -0.3 is 0 Å². The molecule has 0 radical (unpaired) electrons. The number of allylic oxidation sites excluding steroid dienone is 1. The van der Waals surface area contributed by atoms with Crippen LogP contribution in [-0.2, 0) is 0 Å². The molecule has 0 aliphatic rings. The molecule has 0 fully saturated rings. The Balaban J connectivity index is 2.88. The van der Waals surface area contributed by atoms with Gasteiger partial charge in [0.2, 0.25) is 0 Å². The van der Waals surface area contributed by atoms with Gasteiger partial charge in [0.15, 0.2) is 0 Å². The summed E-state index contributed by atoms with van der Waals surface area (Å²) >= 11 is 2.12. The Morgan fingerprint density at radius 1 is 1.25 bits per heavy atom. The first kappa shape index (κ1) is 17.4. The van der Waals surface area contributed by atoms with Crippen molar-refractivity contribution in [3.05, 3.63) is 39.7 Å². The topological polar surface area (TPSA) is 20.2 Å². The second-order valence-electron chi connectivity index (χ2n) is 4.30. The van der Waals surface area contributed by atoms with E-state index in [2.05, 4.69) is 55.4 Å². The Hall–Kier alpha value is -0.651. The summed E-state index contributed by atoms with van der Waals surface area (Å²) in [5.41, 5.74) is 1.23. The zero-order valence-electron chi connectivity index (χ0n) is 12.2. The molecule has 0 aliphatic carbocycles. The fourth-order valence-corrected chi connectivity index (χ4v) is 4.89. The number of aliphatic hydroxyl groups is 1. The van der Waals surface area contributed by atoms with Crippen molar-refractivity contribution in [1.82, 2.24) is 0 Å². The fourth-order valence-electron chi connectivity index (χ4n) is 1.74. The molecule has 108 valence electrons. The van der Waals surface area contributed by atoms with E-state index in [4.69, 9.17) is 5.11 Å². The van der Waals surface area contributed by atoms with Crippen LogP contribution >= 0.6 is 11.8 Å². The second-order valence-corrected chi connectivity index (χ2v) is 7.98. The molecule has 0 saturated heterocycles. The zero-order chi connectivity index (χ0) is 14.6. The van der Waals surface area contributed by atoms with Gasteiger partial charge in [0.1, 0.15) is 0 Å². The molecule has 1 rings (SSSR count). The van der Waals surface area contributed by atoms with Crippen LogP contribution in [0.5, 0.6) is 0 Å². The zero-order valence-corrected chi connectivity index (χ0v) is 14.7. The van der Waals surface area contributed by atoms with Gasteiger partial charge in [-0.3, -0.25) is 0 Å². The van der Waals surface area contributed by atoms with E-state index in [1.165, 1.54) is 33.1 Å². The van der Waals surface area contributed by atoms with Crippen molar-refractivity contribution in [3.8, 4) is 11.8 Å². The molecule has 0 aliphatic heterocycles. The molecule has 1 nitrogen and oxygen atoms in total. The van der Waals surface area contributed by atoms with Crippen LogP contribution in [0.1, 0.15) is 32.6 Å². The van der Waals surface area contributed by atoms with Crippen molar-refractivity contribution in [2.24, 2.45) is 0 Å². The molecule has 0 atom stereocenters. The fraction of sp³-hybridized carbons (Fsp3) is 0.412. The van der Waals surface area contributed by atoms with E-state index >= 15 is 0 Å². The monoisotopic (exact) mass is 354 g/mol. The SMILES string of the molecule is CCCCC/C(C#CCO)=C(/SC)[Se]c1ccccc1. The first-order chi connectivity index (χ1) is 9.81. The molecule has 0 unspecified atom stereocenters. The van der Waals surface area contributed by atoms with Crippen molar-refractivity contribution in [1.29, 1.82) is 0 Å². The van der Waals surface area contributed by atoms with Crippen molar-refractivity contribution < 1.29 is 5.11 Å². The van der Waals surface area contributed by atoms with Crippen molar-refractivity contribution in [2.45, 2.75) is 32.6 Å². The summed E-state index contributed by atoms with van der Waals surface area (Å²) in [6, 6.07) is 10.6. The van der Waals surface area contributed by atoms with Crippen LogP contribution < -0.4 is 4.46 Å². The summed E-state index contributed by atoms with van der Waals surface area (Å²) in [5.74, 6) is 5.99. The van der Waals surface area contributed by atoms with Crippen LogP contribution in [0.3, 0.4) is 0 Å². The molecule has 20 heavy (non-hydrogen) atoms. The Kier molecular flexibility index (Phi) is 9.62. The third kappa shape index (κ3) is 6.68. The minimum atomic E-state index is -0.0583. The summed E-state index contributed by atoms with van der Waals surface area (Å²) in [6.45, 7) is 2.16. The van der Waals surface area contributed by atoms with E-state index in [9.17, 15) is 0 Å². The van der Waals surface area contributed by atoms with Crippen LogP contribution in [0.2, 0.25) is 0 Å². The molecule has 0 amide bonds. The van der Waals surface area contributed by atoms with E-state index in [1.54, 1.807) is 11.8 Å². The number of benzene rings is 1. The van der Waals surface area contributed by atoms with Gasteiger partial charge in [0, 0.05) is 0 Å². The average molecular weight is 353 g/mol. The Morgan fingerprint density at radius 3 is 2.60 bits per heavy atom. The number of hydrogen-bond acceptors (Lipinski definition) is 2. The van der Waals surface area contributed by atoms with Crippen LogP contribution in [0.25, 0.3) is 0 Å². The van der Waals surface area contributed by atoms with Gasteiger partial charge in [-0.05, 0) is 0 Å². The Labute approximate surface area is 133 Å². The molecule has 1 aromatic carbocycles. The van der Waals surface area contributed by atoms with Crippen LogP contribution in [0, 0.1) is 11.8 Å². The molecule has 3 heteroatoms. The number of hydrogen-bond donors (Lipinski definition) is 1. The second kappa shape index (κ2) is 11.1. The maximum atomic E-state index is 8.93. The van der Waals surface area contributed by atoms with E-state index in [0.29, 0.717) is 15.0 Å². The molecule has 1 aromatic rings. The van der Waals surface area contributed by atoms with E-state index in [1.807, 2.05) is 0 Å². The molecule has 0 bridgehead atoms. The van der Waals surface area contributed by atoms with Gasteiger partial charge in [-0.1, -0.05) is 0 Å². The summed E-state index contributed by atoms with van der Waals surface area (Å²) in [7, 11) is 0. The number of unbranched alkanes of at least 4 members (excludes halogenated alkanes) is 2. The van der Waals surface area contributed by atoms with Crippen LogP contribution in [0.4, 0.5) is 0 Å². The van der Waals surface area contributed by atoms with Gasteiger partial charge in [-0.15, -0.1) is 0 Å². The van der Waals surface area contributed by atoms with Gasteiger partial charge >= 0.3 is 133 Å². The predicted octanol–water partition coefficient (Wildman–Crippen LogP) is 3.17. The summed E-state index contributed by atoms with van der Waals surface area (Å²) in [6.07, 6.45) is 6.80. The van der Waals surface area contributed by atoms with Gasteiger partial charge in [0.25, 0.3) is 0 Å². The summed E-state index contributed by atoms with van der Waals surface area (Å²) in [5, 5.41) is 8.93. The predicted molar refractivity (Wildman–Crippen MR) is 91.4 cm³/mol. The third-order valence-corrected chi connectivity index (χ3v) is 6.80. The maximum absolute atomic E-state index is 8.93. The normalized spacial score (nSPS) is 11.6. The molecular formula is C17H22OSSe. The first-order valence-corrected chi connectivity index (χ1v) is 9.85. The van der Waals surface area contributed by atoms with Crippen molar-refractivity contribution >= 4 is 31.2 Å². The summed E-state index contributed by atoms with van der Waals surface area (Å²) in [4.78, 5) is 0. The number of rotatable bonds is 7. The molecule has 0 spiro atoms.